The minimum atomic E-state index is -5.69. The standard InChI is InChI=1S/C23H34F3N3O4S/c1-2-12-28(13-3-4-14-29-15-11-27-10-9-22(29)30)20-7-5-18-6-8-21(17-19(18)16-20)33-34(31,32)23(24,25)26/h6,8,17,20,27H,2-5,7,9-16H2,1H3. The third kappa shape index (κ3) is 7.08. The van der Waals surface area contributed by atoms with Gasteiger partial charge in [-0.1, -0.05) is 13.0 Å². The Kier molecular flexibility index (Phi) is 9.22. The summed E-state index contributed by atoms with van der Waals surface area (Å²) in [6.07, 6.45) is 5.74. The summed E-state index contributed by atoms with van der Waals surface area (Å²) in [6.45, 7) is 6.95. The van der Waals surface area contributed by atoms with Crippen LogP contribution in [0.1, 0.15) is 50.2 Å². The molecule has 0 spiro atoms. The Balaban J connectivity index is 1.58. The first-order valence-corrected chi connectivity index (χ1v) is 13.4. The van der Waals surface area contributed by atoms with Gasteiger partial charge < -0.3 is 19.3 Å². The molecule has 1 fully saturated rings. The Labute approximate surface area is 199 Å². The molecule has 7 nitrogen and oxygen atoms in total. The lowest BCUT2D eigenvalue weighted by Crippen LogP contribution is -2.41. The molecule has 0 bridgehead atoms. The summed E-state index contributed by atoms with van der Waals surface area (Å²) in [7, 11) is -5.69. The van der Waals surface area contributed by atoms with Gasteiger partial charge in [0.15, 0.2) is 0 Å². The van der Waals surface area contributed by atoms with Gasteiger partial charge in [0, 0.05) is 38.6 Å². The Morgan fingerprint density at radius 1 is 1.15 bits per heavy atom. The summed E-state index contributed by atoms with van der Waals surface area (Å²) < 4.78 is 65.1. The fraction of sp³-hybridized carbons (Fsp3) is 0.696. The molecule has 1 saturated heterocycles. The number of hydrogen-bond acceptors (Lipinski definition) is 6. The highest BCUT2D eigenvalue weighted by atomic mass is 32.2. The van der Waals surface area contributed by atoms with E-state index in [4.69, 9.17) is 0 Å². The molecule has 0 radical (unpaired) electrons. The smallest absolute Gasteiger partial charge is 0.376 e. The first kappa shape index (κ1) is 26.7. The SMILES string of the molecule is CCCN(CCCCN1CCNCCC1=O)C1CCc2ccc(OS(=O)(=O)C(F)(F)F)cc2C1. The van der Waals surface area contributed by atoms with Gasteiger partial charge in [0.05, 0.1) is 0 Å². The molecule has 1 atom stereocenters. The summed E-state index contributed by atoms with van der Waals surface area (Å²) in [5.41, 5.74) is -3.62. The molecule has 1 N–H and O–H groups in total. The quantitative estimate of drug-likeness (QED) is 0.299. The van der Waals surface area contributed by atoms with E-state index in [1.807, 2.05) is 4.90 Å². The molecular formula is C23H34F3N3O4S. The van der Waals surface area contributed by atoms with Crippen molar-refractivity contribution in [2.45, 2.75) is 63.4 Å². The second-order valence-electron chi connectivity index (χ2n) is 8.93. The first-order valence-electron chi connectivity index (χ1n) is 12.0. The number of alkyl halides is 3. The van der Waals surface area contributed by atoms with Crippen molar-refractivity contribution in [2.24, 2.45) is 0 Å². The van der Waals surface area contributed by atoms with Crippen molar-refractivity contribution in [2.75, 3.05) is 39.3 Å². The molecule has 2 aliphatic rings. The second-order valence-corrected chi connectivity index (χ2v) is 10.5. The minimum absolute atomic E-state index is 0.199. The zero-order valence-corrected chi connectivity index (χ0v) is 20.4. The zero-order valence-electron chi connectivity index (χ0n) is 19.6. The van der Waals surface area contributed by atoms with Gasteiger partial charge in [0.1, 0.15) is 5.75 Å². The van der Waals surface area contributed by atoms with Gasteiger partial charge >= 0.3 is 15.6 Å². The molecule has 3 rings (SSSR count). The van der Waals surface area contributed by atoms with Crippen molar-refractivity contribution in [1.82, 2.24) is 15.1 Å². The summed E-state index contributed by atoms with van der Waals surface area (Å²) in [4.78, 5) is 16.5. The predicted octanol–water partition coefficient (Wildman–Crippen LogP) is 3.09. The Bertz CT molecular complexity index is 940. The highest BCUT2D eigenvalue weighted by molar-refractivity contribution is 7.88. The number of unbranched alkanes of at least 4 members (excludes halogenated alkanes) is 1. The van der Waals surface area contributed by atoms with Crippen LogP contribution in [-0.4, -0.2) is 74.9 Å². The number of nitrogens with zero attached hydrogens (tertiary/aromatic N) is 2. The molecule has 192 valence electrons. The molecule has 1 unspecified atom stereocenters. The van der Waals surface area contributed by atoms with Gasteiger partial charge in [0.2, 0.25) is 5.91 Å². The van der Waals surface area contributed by atoms with Crippen LogP contribution in [0.15, 0.2) is 18.2 Å². The van der Waals surface area contributed by atoms with E-state index in [2.05, 4.69) is 21.3 Å². The molecule has 1 aliphatic heterocycles. The summed E-state index contributed by atoms with van der Waals surface area (Å²) in [5.74, 6) is -0.111. The first-order chi connectivity index (χ1) is 16.1. The number of benzene rings is 1. The molecule has 34 heavy (non-hydrogen) atoms. The van der Waals surface area contributed by atoms with Crippen LogP contribution in [-0.2, 0) is 27.8 Å². The van der Waals surface area contributed by atoms with Crippen molar-refractivity contribution in [3.63, 3.8) is 0 Å². The Hall–Kier alpha value is -1.85. The fourth-order valence-corrected chi connectivity index (χ4v) is 5.14. The third-order valence-corrected chi connectivity index (χ3v) is 7.43. The van der Waals surface area contributed by atoms with E-state index in [1.54, 1.807) is 6.07 Å². The minimum Gasteiger partial charge on any atom is -0.376 e. The van der Waals surface area contributed by atoms with E-state index in [-0.39, 0.29) is 17.7 Å². The van der Waals surface area contributed by atoms with E-state index in [0.29, 0.717) is 12.8 Å². The van der Waals surface area contributed by atoms with Crippen molar-refractivity contribution in [3.8, 4) is 5.75 Å². The Morgan fingerprint density at radius 3 is 2.68 bits per heavy atom. The van der Waals surface area contributed by atoms with Gasteiger partial charge in [-0.25, -0.2) is 0 Å². The summed E-state index contributed by atoms with van der Waals surface area (Å²) in [6, 6.07) is 4.59. The number of carbonyl (C=O) groups is 1. The zero-order chi connectivity index (χ0) is 24.8. The summed E-state index contributed by atoms with van der Waals surface area (Å²) >= 11 is 0. The maximum atomic E-state index is 12.7. The van der Waals surface area contributed by atoms with Crippen molar-refractivity contribution < 1.29 is 30.6 Å². The molecule has 1 amide bonds. The van der Waals surface area contributed by atoms with Crippen LogP contribution in [0.5, 0.6) is 5.75 Å². The number of fused-ring (bicyclic) bond motifs is 1. The van der Waals surface area contributed by atoms with Crippen LogP contribution in [0.2, 0.25) is 0 Å². The maximum Gasteiger partial charge on any atom is 0.534 e. The highest BCUT2D eigenvalue weighted by Gasteiger charge is 2.48. The fourth-order valence-electron chi connectivity index (χ4n) is 4.69. The van der Waals surface area contributed by atoms with E-state index in [9.17, 15) is 26.4 Å². The van der Waals surface area contributed by atoms with Crippen molar-refractivity contribution in [1.29, 1.82) is 0 Å². The van der Waals surface area contributed by atoms with Gasteiger partial charge in [-0.15, -0.1) is 0 Å². The van der Waals surface area contributed by atoms with Gasteiger partial charge in [-0.05, 0) is 74.9 Å². The number of nitrogens with one attached hydrogen (secondary N) is 1. The normalized spacial score (nSPS) is 19.7. The maximum absolute atomic E-state index is 12.7. The van der Waals surface area contributed by atoms with Gasteiger partial charge in [-0.3, -0.25) is 4.79 Å². The highest BCUT2D eigenvalue weighted by Crippen LogP contribution is 2.31. The topological polar surface area (TPSA) is 79.0 Å². The Morgan fingerprint density at radius 2 is 1.94 bits per heavy atom. The third-order valence-electron chi connectivity index (χ3n) is 6.45. The lowest BCUT2D eigenvalue weighted by Gasteiger charge is -2.35. The van der Waals surface area contributed by atoms with Crippen LogP contribution in [0.4, 0.5) is 13.2 Å². The van der Waals surface area contributed by atoms with Crippen LogP contribution in [0, 0.1) is 0 Å². The molecule has 1 aliphatic carbocycles. The lowest BCUT2D eigenvalue weighted by molar-refractivity contribution is -0.130. The molecule has 0 saturated carbocycles. The van der Waals surface area contributed by atoms with Crippen LogP contribution in [0.25, 0.3) is 0 Å². The van der Waals surface area contributed by atoms with E-state index in [0.717, 1.165) is 82.5 Å². The largest absolute Gasteiger partial charge is 0.534 e. The van der Waals surface area contributed by atoms with E-state index >= 15 is 0 Å². The summed E-state index contributed by atoms with van der Waals surface area (Å²) in [5, 5.41) is 3.24. The van der Waals surface area contributed by atoms with Gasteiger partial charge in [-0.2, -0.15) is 21.6 Å². The van der Waals surface area contributed by atoms with Crippen molar-refractivity contribution >= 4 is 16.0 Å². The number of halogens is 3. The average molecular weight is 506 g/mol. The number of hydrogen-bond donors (Lipinski definition) is 1. The molecule has 1 aromatic carbocycles. The van der Waals surface area contributed by atoms with Crippen molar-refractivity contribution in [3.05, 3.63) is 29.3 Å². The monoisotopic (exact) mass is 505 g/mol. The number of aryl methyl sites for hydroxylation is 1. The predicted molar refractivity (Wildman–Crippen MR) is 123 cm³/mol. The van der Waals surface area contributed by atoms with Crippen LogP contribution in [0.3, 0.4) is 0 Å². The second kappa shape index (κ2) is 11.7. The average Bonchev–Trinajstić information content (AvgIpc) is 2.98. The van der Waals surface area contributed by atoms with Crippen LogP contribution >= 0.6 is 0 Å². The molecule has 0 aromatic heterocycles. The van der Waals surface area contributed by atoms with Crippen LogP contribution < -0.4 is 9.50 Å². The van der Waals surface area contributed by atoms with E-state index < -0.39 is 15.6 Å². The molecule has 1 heterocycles. The van der Waals surface area contributed by atoms with Gasteiger partial charge in [0.25, 0.3) is 0 Å². The molecule has 1 aromatic rings. The van der Waals surface area contributed by atoms with E-state index in [1.165, 1.54) is 12.1 Å². The molecule has 11 heteroatoms. The molecular weight excluding hydrogens is 471 g/mol. The number of carbonyl (C=O) groups excluding carboxylic acids is 1. The lowest BCUT2D eigenvalue weighted by atomic mass is 9.87. The number of rotatable bonds is 10. The number of amides is 1.